The summed E-state index contributed by atoms with van der Waals surface area (Å²) in [7, 11) is 0. The quantitative estimate of drug-likeness (QED) is 0.638. The summed E-state index contributed by atoms with van der Waals surface area (Å²) in [6.45, 7) is 2.97. The van der Waals surface area contributed by atoms with Gasteiger partial charge in [0.25, 0.3) is 0 Å². The summed E-state index contributed by atoms with van der Waals surface area (Å²) in [5.74, 6) is 0.755. The third-order valence-electron chi connectivity index (χ3n) is 9.96. The molecule has 2 aromatic heterocycles. The minimum Gasteiger partial charge on any atom is -0.382 e. The Morgan fingerprint density at radius 1 is 0.947 bits per heavy atom. The van der Waals surface area contributed by atoms with Crippen molar-refractivity contribution >= 4 is 6.03 Å². The first-order valence-corrected chi connectivity index (χ1v) is 13.9. The molecule has 1 N–H and O–H groups in total. The van der Waals surface area contributed by atoms with E-state index in [2.05, 4.69) is 15.2 Å². The zero-order valence-electron chi connectivity index (χ0n) is 21.2. The van der Waals surface area contributed by atoms with Gasteiger partial charge in [-0.15, -0.1) is 0 Å². The van der Waals surface area contributed by atoms with Gasteiger partial charge in [0, 0.05) is 48.8 Å². The van der Waals surface area contributed by atoms with Gasteiger partial charge in [-0.05, 0) is 63.7 Å². The maximum atomic E-state index is 13.5. The van der Waals surface area contributed by atoms with E-state index in [1.165, 1.54) is 4.68 Å². The van der Waals surface area contributed by atoms with Crippen molar-refractivity contribution in [3.63, 3.8) is 0 Å². The monoisotopic (exact) mass is 531 g/mol. The van der Waals surface area contributed by atoms with E-state index in [0.717, 1.165) is 64.5 Å². The number of halogens is 3. The van der Waals surface area contributed by atoms with Crippen LogP contribution < -0.4 is 0 Å². The fourth-order valence-corrected chi connectivity index (χ4v) is 7.61. The standard InChI is InChI=1S/C26H32F3N7O2/c27-26(28,29)20-17(10-35(31-20)18-1-2-18)5-16-6-23(7-16)11-33(12-23)22(37)34-13-24(14-34)8-19(9-24)36-15-30-21(32-36)25(38)3-4-25/h10,15-16,18-19,38H,1-9,11-14H2. The Balaban J connectivity index is 0.802. The molecule has 204 valence electrons. The second-order valence-corrected chi connectivity index (χ2v) is 13.3. The van der Waals surface area contributed by atoms with E-state index in [9.17, 15) is 23.1 Å². The normalized spacial score (nSPS) is 27.2. The molecule has 2 aliphatic heterocycles. The minimum absolute atomic E-state index is 0.0890. The highest BCUT2D eigenvalue weighted by molar-refractivity contribution is 5.77. The third kappa shape index (κ3) is 3.61. The van der Waals surface area contributed by atoms with Gasteiger partial charge in [0.15, 0.2) is 11.5 Å². The van der Waals surface area contributed by atoms with Crippen LogP contribution in [0.15, 0.2) is 12.5 Å². The molecule has 4 heterocycles. The molecule has 9 nitrogen and oxygen atoms in total. The van der Waals surface area contributed by atoms with E-state index in [0.29, 0.717) is 30.9 Å². The van der Waals surface area contributed by atoms with Crippen LogP contribution in [0.5, 0.6) is 0 Å². The molecule has 2 aromatic rings. The molecule has 6 fully saturated rings. The number of carbonyl (C=O) groups excluding carboxylic acids is 1. The van der Waals surface area contributed by atoms with Gasteiger partial charge in [-0.25, -0.2) is 14.5 Å². The zero-order valence-corrected chi connectivity index (χ0v) is 21.2. The van der Waals surface area contributed by atoms with Crippen LogP contribution >= 0.6 is 0 Å². The molecule has 0 bridgehead atoms. The van der Waals surface area contributed by atoms with Crippen LogP contribution in [0.1, 0.15) is 80.5 Å². The summed E-state index contributed by atoms with van der Waals surface area (Å²) in [6, 6.07) is 0.508. The number of aliphatic hydroxyl groups is 1. The van der Waals surface area contributed by atoms with Gasteiger partial charge in [-0.2, -0.15) is 23.4 Å². The summed E-state index contributed by atoms with van der Waals surface area (Å²) in [6.07, 6.45) is 6.31. The first-order valence-electron chi connectivity index (χ1n) is 13.9. The maximum absolute atomic E-state index is 13.5. The van der Waals surface area contributed by atoms with Gasteiger partial charge in [0.2, 0.25) is 0 Å². The average Bonchev–Trinajstić information content (AvgIpc) is 3.63. The molecule has 0 radical (unpaired) electrons. The lowest BCUT2D eigenvalue weighted by molar-refractivity contribution is -0.142. The first-order chi connectivity index (χ1) is 18.0. The molecule has 8 rings (SSSR count). The van der Waals surface area contributed by atoms with E-state index in [4.69, 9.17) is 0 Å². The second-order valence-electron chi connectivity index (χ2n) is 13.3. The molecule has 6 aliphatic rings. The zero-order chi connectivity index (χ0) is 26.1. The van der Waals surface area contributed by atoms with Crippen molar-refractivity contribution in [1.82, 2.24) is 34.3 Å². The van der Waals surface area contributed by atoms with Crippen molar-refractivity contribution in [1.29, 1.82) is 0 Å². The molecule has 2 amide bonds. The fraction of sp³-hybridized carbons (Fsp3) is 0.769. The van der Waals surface area contributed by atoms with Crippen LogP contribution in [0.3, 0.4) is 0 Å². The van der Waals surface area contributed by atoms with Crippen molar-refractivity contribution in [3.05, 3.63) is 29.6 Å². The molecule has 38 heavy (non-hydrogen) atoms. The van der Waals surface area contributed by atoms with Crippen LogP contribution in [0.4, 0.5) is 18.0 Å². The predicted octanol–water partition coefficient (Wildman–Crippen LogP) is 3.52. The van der Waals surface area contributed by atoms with Gasteiger partial charge in [0.05, 0.1) is 12.1 Å². The highest BCUT2D eigenvalue weighted by Gasteiger charge is 2.59. The van der Waals surface area contributed by atoms with Crippen molar-refractivity contribution < 1.29 is 23.1 Å². The molecule has 2 spiro atoms. The topological polar surface area (TPSA) is 92.3 Å². The first kappa shape index (κ1) is 23.3. The number of carbonyl (C=O) groups is 1. The van der Waals surface area contributed by atoms with E-state index in [1.807, 2.05) is 14.5 Å². The third-order valence-corrected chi connectivity index (χ3v) is 9.96. The van der Waals surface area contributed by atoms with Crippen LogP contribution in [0.2, 0.25) is 0 Å². The summed E-state index contributed by atoms with van der Waals surface area (Å²) < 4.78 is 43.9. The van der Waals surface area contributed by atoms with E-state index in [-0.39, 0.29) is 34.9 Å². The number of amides is 2. The average molecular weight is 532 g/mol. The summed E-state index contributed by atoms with van der Waals surface area (Å²) in [5.41, 5.74) is -0.941. The molecule has 4 saturated carbocycles. The molecular weight excluding hydrogens is 499 g/mol. The lowest BCUT2D eigenvalue weighted by Crippen LogP contribution is -2.71. The van der Waals surface area contributed by atoms with Crippen LogP contribution in [-0.2, 0) is 18.2 Å². The highest BCUT2D eigenvalue weighted by Crippen LogP contribution is 2.57. The van der Waals surface area contributed by atoms with Crippen LogP contribution in [-0.4, -0.2) is 71.7 Å². The molecule has 4 aliphatic carbocycles. The lowest BCUT2D eigenvalue weighted by atomic mass is 9.56. The minimum atomic E-state index is -4.41. The number of aromatic nitrogens is 5. The number of hydrogen-bond donors (Lipinski definition) is 1. The number of rotatable bonds is 5. The Hall–Kier alpha value is -2.63. The van der Waals surface area contributed by atoms with Gasteiger partial charge in [-0.1, -0.05) is 0 Å². The predicted molar refractivity (Wildman–Crippen MR) is 127 cm³/mol. The molecular formula is C26H32F3N7O2. The van der Waals surface area contributed by atoms with Crippen molar-refractivity contribution in [3.8, 4) is 0 Å². The Morgan fingerprint density at radius 3 is 2.16 bits per heavy atom. The van der Waals surface area contributed by atoms with Crippen molar-refractivity contribution in [2.45, 2.75) is 81.6 Å². The van der Waals surface area contributed by atoms with Gasteiger partial charge in [0.1, 0.15) is 11.9 Å². The molecule has 0 aromatic carbocycles. The van der Waals surface area contributed by atoms with Gasteiger partial charge in [-0.3, -0.25) is 4.68 Å². The van der Waals surface area contributed by atoms with E-state index < -0.39 is 17.5 Å². The number of hydrogen-bond acceptors (Lipinski definition) is 5. The number of alkyl halides is 3. The van der Waals surface area contributed by atoms with Crippen molar-refractivity contribution in [2.75, 3.05) is 26.2 Å². The van der Waals surface area contributed by atoms with Crippen LogP contribution in [0, 0.1) is 16.7 Å². The highest BCUT2D eigenvalue weighted by atomic mass is 19.4. The van der Waals surface area contributed by atoms with Gasteiger partial charge < -0.3 is 14.9 Å². The fourth-order valence-electron chi connectivity index (χ4n) is 7.61. The van der Waals surface area contributed by atoms with E-state index >= 15 is 0 Å². The Morgan fingerprint density at radius 2 is 1.58 bits per heavy atom. The second kappa shape index (κ2) is 7.31. The molecule has 0 unspecified atom stereocenters. The van der Waals surface area contributed by atoms with Gasteiger partial charge >= 0.3 is 12.2 Å². The molecule has 2 saturated heterocycles. The Bertz CT molecular complexity index is 1280. The SMILES string of the molecule is O=C(N1CC2(CC(Cc3cn(C4CC4)nc3C(F)(F)F)C2)C1)N1CC2(CC(n3cnc(C4(O)CC4)n3)C2)C1. The number of urea groups is 1. The molecule has 0 atom stereocenters. The van der Waals surface area contributed by atoms with Crippen molar-refractivity contribution in [2.24, 2.45) is 16.7 Å². The van der Waals surface area contributed by atoms with E-state index in [1.54, 1.807) is 12.5 Å². The summed E-state index contributed by atoms with van der Waals surface area (Å²) >= 11 is 0. The largest absolute Gasteiger partial charge is 0.435 e. The lowest BCUT2D eigenvalue weighted by Gasteiger charge is -2.63. The van der Waals surface area contributed by atoms with Crippen LogP contribution in [0.25, 0.3) is 0 Å². The number of likely N-dealkylation sites (tertiary alicyclic amines) is 2. The summed E-state index contributed by atoms with van der Waals surface area (Å²) in [5, 5.41) is 18.6. The smallest absolute Gasteiger partial charge is 0.382 e. The molecule has 12 heteroatoms. The number of nitrogens with zero attached hydrogens (tertiary/aromatic N) is 7. The maximum Gasteiger partial charge on any atom is 0.435 e. The summed E-state index contributed by atoms with van der Waals surface area (Å²) in [4.78, 5) is 21.1. The Labute approximate surface area is 218 Å². The Kier molecular flexibility index (Phi) is 4.48.